The van der Waals surface area contributed by atoms with E-state index in [0.29, 0.717) is 6.54 Å². The molecule has 0 atom stereocenters. The van der Waals surface area contributed by atoms with Crippen LogP contribution in [0.1, 0.15) is 11.1 Å². The van der Waals surface area contributed by atoms with Crippen LogP contribution in [0.3, 0.4) is 0 Å². The van der Waals surface area contributed by atoms with Crippen molar-refractivity contribution in [2.24, 2.45) is 0 Å². The Morgan fingerprint density at radius 2 is 2.08 bits per heavy atom. The third-order valence-electron chi connectivity index (χ3n) is 4.13. The molecule has 0 aliphatic heterocycles. The van der Waals surface area contributed by atoms with E-state index in [2.05, 4.69) is 10.3 Å². The van der Waals surface area contributed by atoms with Crippen LogP contribution in [-0.4, -0.2) is 24.5 Å². The summed E-state index contributed by atoms with van der Waals surface area (Å²) < 4.78 is 5.24. The van der Waals surface area contributed by atoms with Crippen LogP contribution in [0.2, 0.25) is 0 Å². The number of carbonyl (C=O) groups is 1. The third-order valence-corrected chi connectivity index (χ3v) is 4.13. The Morgan fingerprint density at radius 1 is 1.27 bits per heavy atom. The van der Waals surface area contributed by atoms with Crippen LogP contribution in [0.4, 0.5) is 0 Å². The predicted molar refractivity (Wildman–Crippen MR) is 102 cm³/mol. The summed E-state index contributed by atoms with van der Waals surface area (Å²) in [5.41, 5.74) is 2.90. The van der Waals surface area contributed by atoms with Crippen molar-refractivity contribution in [1.29, 1.82) is 5.26 Å². The molecule has 1 aromatic heterocycles. The summed E-state index contributed by atoms with van der Waals surface area (Å²) in [5, 5.41) is 13.1. The lowest BCUT2D eigenvalue weighted by molar-refractivity contribution is -0.117. The number of nitrogens with one attached hydrogen (secondary N) is 2. The molecule has 1 heterocycles. The lowest BCUT2D eigenvalue weighted by Gasteiger charge is -2.04. The number of H-pyrrole nitrogens is 1. The highest BCUT2D eigenvalue weighted by Crippen LogP contribution is 2.25. The summed E-state index contributed by atoms with van der Waals surface area (Å²) in [6.45, 7) is 0.476. The molecule has 3 rings (SSSR count). The van der Waals surface area contributed by atoms with Crippen molar-refractivity contribution in [2.75, 3.05) is 13.7 Å². The minimum atomic E-state index is -0.374. The standard InChI is InChI=1S/C21H19N3O2/c1-26-18-7-8-20-19(12-18)17(14-24-20)11-16(13-22)21(25)23-10-9-15-5-3-2-4-6-15/h2-8,11-12,14,24H,9-10H2,1H3,(H,23,25). The van der Waals surface area contributed by atoms with Gasteiger partial charge in [-0.25, -0.2) is 0 Å². The van der Waals surface area contributed by atoms with Crippen LogP contribution in [-0.2, 0) is 11.2 Å². The Morgan fingerprint density at radius 3 is 2.81 bits per heavy atom. The van der Waals surface area contributed by atoms with E-state index in [1.165, 1.54) is 0 Å². The average Bonchev–Trinajstić information content (AvgIpc) is 3.08. The Hall–Kier alpha value is -3.52. The molecule has 1 amide bonds. The van der Waals surface area contributed by atoms with Gasteiger partial charge in [-0.15, -0.1) is 0 Å². The first-order valence-electron chi connectivity index (χ1n) is 8.30. The van der Waals surface area contributed by atoms with Crippen molar-refractivity contribution < 1.29 is 9.53 Å². The number of hydrogen-bond donors (Lipinski definition) is 2. The molecule has 3 aromatic rings. The number of ether oxygens (including phenoxy) is 1. The molecule has 0 unspecified atom stereocenters. The minimum Gasteiger partial charge on any atom is -0.497 e. The second-order valence-electron chi connectivity index (χ2n) is 5.82. The first-order valence-corrected chi connectivity index (χ1v) is 8.30. The normalized spacial score (nSPS) is 11.2. The van der Waals surface area contributed by atoms with Crippen LogP contribution in [0, 0.1) is 11.3 Å². The van der Waals surface area contributed by atoms with E-state index in [9.17, 15) is 10.1 Å². The molecule has 0 saturated carbocycles. The number of benzene rings is 2. The van der Waals surface area contributed by atoms with Crippen molar-refractivity contribution in [1.82, 2.24) is 10.3 Å². The summed E-state index contributed by atoms with van der Waals surface area (Å²) in [6, 6.07) is 17.5. The number of nitrogens with zero attached hydrogens (tertiary/aromatic N) is 1. The molecule has 130 valence electrons. The fraction of sp³-hybridized carbons (Fsp3) is 0.143. The number of carbonyl (C=O) groups excluding carboxylic acids is 1. The molecular formula is C21H19N3O2. The molecule has 26 heavy (non-hydrogen) atoms. The monoisotopic (exact) mass is 345 g/mol. The van der Waals surface area contributed by atoms with E-state index in [1.807, 2.05) is 54.6 Å². The van der Waals surface area contributed by atoms with Crippen molar-refractivity contribution in [3.63, 3.8) is 0 Å². The van der Waals surface area contributed by atoms with Gasteiger partial charge in [-0.05, 0) is 36.3 Å². The lowest BCUT2D eigenvalue weighted by Crippen LogP contribution is -2.26. The highest BCUT2D eigenvalue weighted by Gasteiger charge is 2.11. The summed E-state index contributed by atoms with van der Waals surface area (Å²) in [7, 11) is 1.60. The molecule has 0 fully saturated rings. The Kier molecular flexibility index (Phi) is 5.35. The molecule has 0 bridgehead atoms. The minimum absolute atomic E-state index is 0.0711. The predicted octanol–water partition coefficient (Wildman–Crippen LogP) is 3.44. The van der Waals surface area contributed by atoms with Gasteiger partial charge in [-0.1, -0.05) is 30.3 Å². The molecule has 0 aliphatic rings. The average molecular weight is 345 g/mol. The summed E-state index contributed by atoms with van der Waals surface area (Å²) in [6.07, 6.45) is 4.09. The van der Waals surface area contributed by atoms with Crippen molar-refractivity contribution in [2.45, 2.75) is 6.42 Å². The molecule has 0 spiro atoms. The van der Waals surface area contributed by atoms with Gasteiger partial charge in [0.1, 0.15) is 17.4 Å². The van der Waals surface area contributed by atoms with Gasteiger partial charge >= 0.3 is 0 Å². The zero-order chi connectivity index (χ0) is 18.4. The van der Waals surface area contributed by atoms with E-state index in [0.717, 1.165) is 34.2 Å². The maximum atomic E-state index is 12.3. The van der Waals surface area contributed by atoms with Gasteiger partial charge in [0.25, 0.3) is 5.91 Å². The second-order valence-corrected chi connectivity index (χ2v) is 5.82. The van der Waals surface area contributed by atoms with Gasteiger partial charge in [0.15, 0.2) is 0 Å². The number of fused-ring (bicyclic) bond motifs is 1. The van der Waals surface area contributed by atoms with Gasteiger partial charge in [0.2, 0.25) is 0 Å². The Labute approximate surface area is 151 Å². The SMILES string of the molecule is COc1ccc2[nH]cc(C=C(C#N)C(=O)NCCc3ccccc3)c2c1. The molecule has 2 N–H and O–H groups in total. The molecule has 0 radical (unpaired) electrons. The number of nitriles is 1. The van der Waals surface area contributed by atoms with Crippen LogP contribution >= 0.6 is 0 Å². The number of amides is 1. The summed E-state index contributed by atoms with van der Waals surface area (Å²) in [5.74, 6) is 0.346. The van der Waals surface area contributed by atoms with E-state index < -0.39 is 0 Å². The van der Waals surface area contributed by atoms with E-state index >= 15 is 0 Å². The van der Waals surface area contributed by atoms with Gasteiger partial charge in [-0.2, -0.15) is 5.26 Å². The van der Waals surface area contributed by atoms with Gasteiger partial charge in [0, 0.05) is 29.2 Å². The second kappa shape index (κ2) is 8.04. The first-order chi connectivity index (χ1) is 12.7. The fourth-order valence-electron chi connectivity index (χ4n) is 2.73. The van der Waals surface area contributed by atoms with Gasteiger partial charge < -0.3 is 15.0 Å². The summed E-state index contributed by atoms with van der Waals surface area (Å²) in [4.78, 5) is 15.4. The third kappa shape index (κ3) is 3.93. The zero-order valence-electron chi connectivity index (χ0n) is 14.5. The van der Waals surface area contributed by atoms with Crippen LogP contribution in [0.25, 0.3) is 17.0 Å². The van der Waals surface area contributed by atoms with Crippen LogP contribution in [0.15, 0.2) is 60.3 Å². The Bertz CT molecular complexity index is 981. The van der Waals surface area contributed by atoms with Crippen LogP contribution in [0.5, 0.6) is 5.75 Å². The number of hydrogen-bond acceptors (Lipinski definition) is 3. The molecule has 2 aromatic carbocycles. The zero-order valence-corrected chi connectivity index (χ0v) is 14.5. The number of aromatic amines is 1. The highest BCUT2D eigenvalue weighted by atomic mass is 16.5. The van der Waals surface area contributed by atoms with Crippen molar-refractivity contribution >= 4 is 22.9 Å². The fourth-order valence-corrected chi connectivity index (χ4v) is 2.73. The van der Waals surface area contributed by atoms with Crippen molar-refractivity contribution in [3.8, 4) is 11.8 Å². The quantitative estimate of drug-likeness (QED) is 0.531. The number of aromatic nitrogens is 1. The topological polar surface area (TPSA) is 77.9 Å². The van der Waals surface area contributed by atoms with Crippen LogP contribution < -0.4 is 10.1 Å². The molecule has 5 nitrogen and oxygen atoms in total. The first kappa shape index (κ1) is 17.3. The molecule has 5 heteroatoms. The summed E-state index contributed by atoms with van der Waals surface area (Å²) >= 11 is 0. The largest absolute Gasteiger partial charge is 0.497 e. The van der Waals surface area contributed by atoms with Gasteiger partial charge in [0.05, 0.1) is 7.11 Å². The van der Waals surface area contributed by atoms with Crippen molar-refractivity contribution in [3.05, 3.63) is 71.4 Å². The smallest absolute Gasteiger partial charge is 0.261 e. The molecule has 0 saturated heterocycles. The number of methoxy groups -OCH3 is 1. The maximum Gasteiger partial charge on any atom is 0.261 e. The van der Waals surface area contributed by atoms with E-state index in [1.54, 1.807) is 19.4 Å². The van der Waals surface area contributed by atoms with E-state index in [4.69, 9.17) is 4.74 Å². The van der Waals surface area contributed by atoms with E-state index in [-0.39, 0.29) is 11.5 Å². The Balaban J connectivity index is 1.73. The maximum absolute atomic E-state index is 12.3. The molecular weight excluding hydrogens is 326 g/mol. The lowest BCUT2D eigenvalue weighted by atomic mass is 10.1. The number of rotatable bonds is 6. The molecule has 0 aliphatic carbocycles. The highest BCUT2D eigenvalue weighted by molar-refractivity contribution is 6.04. The van der Waals surface area contributed by atoms with Gasteiger partial charge in [-0.3, -0.25) is 4.79 Å².